The van der Waals surface area contributed by atoms with Crippen molar-refractivity contribution in [3.8, 4) is 6.19 Å². The van der Waals surface area contributed by atoms with Crippen molar-refractivity contribution in [1.29, 1.82) is 5.26 Å². The van der Waals surface area contributed by atoms with Crippen LogP contribution in [0.1, 0.15) is 20.3 Å². The molecule has 0 fully saturated rings. The van der Waals surface area contributed by atoms with E-state index in [0.29, 0.717) is 5.92 Å². The van der Waals surface area contributed by atoms with Crippen molar-refractivity contribution in [1.82, 2.24) is 4.90 Å². The Morgan fingerprint density at radius 3 is 2.56 bits per heavy atom. The topological polar surface area (TPSA) is 27.0 Å². The molecule has 0 aliphatic heterocycles. The molecule has 1 unspecified atom stereocenters. The quantitative estimate of drug-likeness (QED) is 0.422. The van der Waals surface area contributed by atoms with Gasteiger partial charge in [0, 0.05) is 13.6 Å². The second-order valence-corrected chi connectivity index (χ2v) is 2.49. The lowest BCUT2D eigenvalue weighted by molar-refractivity contribution is 0.377. The van der Waals surface area contributed by atoms with Gasteiger partial charge in [-0.1, -0.05) is 20.3 Å². The number of nitriles is 1. The molecule has 0 aliphatic carbocycles. The Bertz CT molecular complexity index is 104. The molecular formula is C7H14N2. The van der Waals surface area contributed by atoms with E-state index in [4.69, 9.17) is 5.26 Å². The summed E-state index contributed by atoms with van der Waals surface area (Å²) in [5, 5.41) is 8.36. The molecule has 0 aliphatic rings. The second-order valence-electron chi connectivity index (χ2n) is 2.49. The van der Waals surface area contributed by atoms with Crippen LogP contribution in [0.3, 0.4) is 0 Å². The van der Waals surface area contributed by atoms with Crippen LogP contribution in [0.25, 0.3) is 0 Å². The number of nitrogens with zero attached hydrogens (tertiary/aromatic N) is 2. The van der Waals surface area contributed by atoms with E-state index in [1.165, 1.54) is 0 Å². The predicted molar refractivity (Wildman–Crippen MR) is 37.7 cm³/mol. The van der Waals surface area contributed by atoms with E-state index >= 15 is 0 Å². The van der Waals surface area contributed by atoms with Crippen LogP contribution < -0.4 is 0 Å². The summed E-state index contributed by atoms with van der Waals surface area (Å²) in [5.74, 6) is 0.634. The Morgan fingerprint density at radius 1 is 1.67 bits per heavy atom. The van der Waals surface area contributed by atoms with Gasteiger partial charge in [0.2, 0.25) is 0 Å². The van der Waals surface area contributed by atoms with Gasteiger partial charge in [0.15, 0.2) is 6.19 Å². The fourth-order valence-corrected chi connectivity index (χ4v) is 0.637. The summed E-state index contributed by atoms with van der Waals surface area (Å²) in [6, 6.07) is 0. The third kappa shape index (κ3) is 3.84. The van der Waals surface area contributed by atoms with E-state index in [-0.39, 0.29) is 0 Å². The van der Waals surface area contributed by atoms with Crippen molar-refractivity contribution in [3.05, 3.63) is 0 Å². The molecule has 52 valence electrons. The van der Waals surface area contributed by atoms with Gasteiger partial charge in [0.1, 0.15) is 0 Å². The van der Waals surface area contributed by atoms with Gasteiger partial charge in [-0.05, 0) is 5.92 Å². The number of hydrogen-bond acceptors (Lipinski definition) is 2. The Balaban J connectivity index is 3.37. The highest BCUT2D eigenvalue weighted by atomic mass is 15.1. The molecule has 0 N–H and O–H groups in total. The zero-order valence-corrected chi connectivity index (χ0v) is 6.39. The Morgan fingerprint density at radius 2 is 2.22 bits per heavy atom. The van der Waals surface area contributed by atoms with E-state index in [2.05, 4.69) is 20.0 Å². The van der Waals surface area contributed by atoms with Crippen LogP contribution in [0, 0.1) is 17.4 Å². The van der Waals surface area contributed by atoms with Crippen LogP contribution >= 0.6 is 0 Å². The van der Waals surface area contributed by atoms with Crippen molar-refractivity contribution < 1.29 is 0 Å². The van der Waals surface area contributed by atoms with Crippen molar-refractivity contribution in [2.45, 2.75) is 20.3 Å². The van der Waals surface area contributed by atoms with Crippen LogP contribution in [-0.2, 0) is 0 Å². The molecule has 0 rings (SSSR count). The molecule has 0 aromatic heterocycles. The summed E-state index contributed by atoms with van der Waals surface area (Å²) in [4.78, 5) is 1.66. The van der Waals surface area contributed by atoms with Crippen LogP contribution in [0.4, 0.5) is 0 Å². The fourth-order valence-electron chi connectivity index (χ4n) is 0.637. The van der Waals surface area contributed by atoms with Crippen molar-refractivity contribution >= 4 is 0 Å². The maximum Gasteiger partial charge on any atom is 0.179 e. The summed E-state index contributed by atoms with van der Waals surface area (Å²) in [5.41, 5.74) is 0. The second kappa shape index (κ2) is 4.20. The molecule has 2 heteroatoms. The largest absolute Gasteiger partial charge is 0.313 e. The molecule has 0 radical (unpaired) electrons. The van der Waals surface area contributed by atoms with Gasteiger partial charge >= 0.3 is 0 Å². The maximum absolute atomic E-state index is 8.36. The highest BCUT2D eigenvalue weighted by Crippen LogP contribution is 2.00. The first-order valence-corrected chi connectivity index (χ1v) is 3.31. The van der Waals surface area contributed by atoms with Gasteiger partial charge in [-0.15, -0.1) is 0 Å². The molecule has 0 saturated heterocycles. The first-order valence-electron chi connectivity index (χ1n) is 3.31. The van der Waals surface area contributed by atoms with Crippen molar-refractivity contribution in [2.75, 3.05) is 13.6 Å². The SMILES string of the molecule is CCC(C)CN(C)C#N. The molecule has 0 saturated carbocycles. The normalized spacial score (nSPS) is 12.2. The smallest absolute Gasteiger partial charge is 0.179 e. The van der Waals surface area contributed by atoms with E-state index in [0.717, 1.165) is 13.0 Å². The zero-order valence-electron chi connectivity index (χ0n) is 6.39. The minimum absolute atomic E-state index is 0.634. The monoisotopic (exact) mass is 126 g/mol. The molecule has 0 aromatic carbocycles. The van der Waals surface area contributed by atoms with E-state index in [1.807, 2.05) is 7.05 Å². The van der Waals surface area contributed by atoms with Gasteiger partial charge < -0.3 is 4.90 Å². The van der Waals surface area contributed by atoms with Crippen LogP contribution in [-0.4, -0.2) is 18.5 Å². The summed E-state index contributed by atoms with van der Waals surface area (Å²) < 4.78 is 0. The highest BCUT2D eigenvalue weighted by Gasteiger charge is 2.00. The number of hydrogen-bond donors (Lipinski definition) is 0. The van der Waals surface area contributed by atoms with Crippen LogP contribution in [0.2, 0.25) is 0 Å². The van der Waals surface area contributed by atoms with Crippen LogP contribution in [0.15, 0.2) is 0 Å². The highest BCUT2D eigenvalue weighted by molar-refractivity contribution is 4.70. The first-order chi connectivity index (χ1) is 4.20. The van der Waals surface area contributed by atoms with Crippen molar-refractivity contribution in [3.63, 3.8) is 0 Å². The minimum atomic E-state index is 0.634. The maximum atomic E-state index is 8.36. The first kappa shape index (κ1) is 8.29. The molecule has 0 bridgehead atoms. The molecule has 1 atom stereocenters. The van der Waals surface area contributed by atoms with Crippen LogP contribution in [0.5, 0.6) is 0 Å². The van der Waals surface area contributed by atoms with Gasteiger partial charge in [-0.2, -0.15) is 5.26 Å². The average Bonchev–Trinajstić information content (AvgIpc) is 1.87. The Kier molecular flexibility index (Phi) is 3.87. The Labute approximate surface area is 57.1 Å². The fraction of sp³-hybridized carbons (Fsp3) is 0.857. The van der Waals surface area contributed by atoms with E-state index in [1.54, 1.807) is 4.90 Å². The summed E-state index contributed by atoms with van der Waals surface area (Å²) >= 11 is 0. The molecule has 9 heavy (non-hydrogen) atoms. The lowest BCUT2D eigenvalue weighted by atomic mass is 10.1. The van der Waals surface area contributed by atoms with Gasteiger partial charge in [-0.3, -0.25) is 0 Å². The zero-order chi connectivity index (χ0) is 7.28. The summed E-state index contributed by atoms with van der Waals surface area (Å²) in [7, 11) is 1.81. The molecule has 0 aromatic rings. The third-order valence-electron chi connectivity index (χ3n) is 1.45. The number of rotatable bonds is 3. The lowest BCUT2D eigenvalue weighted by Crippen LogP contribution is -2.18. The van der Waals surface area contributed by atoms with Crippen molar-refractivity contribution in [2.24, 2.45) is 5.92 Å². The van der Waals surface area contributed by atoms with Gasteiger partial charge in [-0.25, -0.2) is 0 Å². The summed E-state index contributed by atoms with van der Waals surface area (Å²) in [6.45, 7) is 5.16. The molecule has 2 nitrogen and oxygen atoms in total. The Hall–Kier alpha value is -0.710. The molecule has 0 amide bonds. The molecule has 0 heterocycles. The lowest BCUT2D eigenvalue weighted by Gasteiger charge is -2.12. The summed E-state index contributed by atoms with van der Waals surface area (Å²) in [6.07, 6.45) is 3.21. The average molecular weight is 126 g/mol. The predicted octanol–water partition coefficient (Wildman–Crippen LogP) is 1.45. The van der Waals surface area contributed by atoms with E-state index in [9.17, 15) is 0 Å². The molecule has 0 spiro atoms. The van der Waals surface area contributed by atoms with E-state index < -0.39 is 0 Å². The molecular weight excluding hydrogens is 112 g/mol. The third-order valence-corrected chi connectivity index (χ3v) is 1.45. The van der Waals surface area contributed by atoms with Gasteiger partial charge in [0.25, 0.3) is 0 Å². The standard InChI is InChI=1S/C7H14N2/c1-4-7(2)5-9(3)6-8/h7H,4-5H2,1-3H3. The van der Waals surface area contributed by atoms with Gasteiger partial charge in [0.05, 0.1) is 0 Å². The minimum Gasteiger partial charge on any atom is -0.313 e.